The molecule has 0 radical (unpaired) electrons. The number of aliphatic hydroxyl groups is 1. The first-order valence-corrected chi connectivity index (χ1v) is 11.6. The van der Waals surface area contributed by atoms with Crippen LogP contribution in [0.4, 0.5) is 5.69 Å². The Morgan fingerprint density at radius 1 is 1.09 bits per heavy atom. The number of anilines is 1. The number of fused-ring (bicyclic) bond motifs is 1. The SMILES string of the molecule is CC(=O)N1C(=O)[C@]2(Cc3ccccc31)N=C(c1ccc(OCCCO)cc1)O[C@@H]2c1ccccc1. The first kappa shape index (κ1) is 22.8. The summed E-state index contributed by atoms with van der Waals surface area (Å²) in [7, 11) is 0. The normalized spacial score (nSPS) is 20.9. The number of imide groups is 1. The summed E-state index contributed by atoms with van der Waals surface area (Å²) in [5, 5.41) is 8.94. The summed E-state index contributed by atoms with van der Waals surface area (Å²) >= 11 is 0. The first-order valence-electron chi connectivity index (χ1n) is 11.6. The molecule has 7 nitrogen and oxygen atoms in total. The van der Waals surface area contributed by atoms with Crippen molar-refractivity contribution in [1.82, 2.24) is 0 Å². The van der Waals surface area contributed by atoms with Gasteiger partial charge >= 0.3 is 0 Å². The van der Waals surface area contributed by atoms with Crippen molar-refractivity contribution in [3.05, 3.63) is 95.6 Å². The second-order valence-corrected chi connectivity index (χ2v) is 8.66. The van der Waals surface area contributed by atoms with Crippen molar-refractivity contribution in [2.24, 2.45) is 4.99 Å². The molecule has 1 spiro atoms. The summed E-state index contributed by atoms with van der Waals surface area (Å²) in [5.74, 6) is 0.260. The Morgan fingerprint density at radius 3 is 2.51 bits per heavy atom. The van der Waals surface area contributed by atoms with Gasteiger partial charge in [-0.25, -0.2) is 9.89 Å². The van der Waals surface area contributed by atoms with E-state index < -0.39 is 17.6 Å². The number of aliphatic hydroxyl groups excluding tert-OH is 1. The minimum absolute atomic E-state index is 0.0696. The Labute approximate surface area is 203 Å². The standard InChI is InChI=1S/C28H26N2O5/c1-19(32)30-24-11-6-5-10-22(24)18-28(27(30)33)25(20-8-3-2-4-9-20)35-26(29-28)21-12-14-23(15-13-21)34-17-7-16-31/h2-6,8-15,25,31H,7,16-18H2,1H3/t25-,28-/m1/s1. The molecule has 0 aliphatic carbocycles. The van der Waals surface area contributed by atoms with Crippen LogP contribution >= 0.6 is 0 Å². The Kier molecular flexibility index (Phi) is 6.09. The highest BCUT2D eigenvalue weighted by Gasteiger charge is 2.58. The molecule has 0 saturated heterocycles. The van der Waals surface area contributed by atoms with Gasteiger partial charge in [0.05, 0.1) is 12.3 Å². The number of ether oxygens (including phenoxy) is 2. The van der Waals surface area contributed by atoms with E-state index in [0.717, 1.165) is 11.1 Å². The van der Waals surface area contributed by atoms with Crippen LogP contribution in [0.5, 0.6) is 5.75 Å². The van der Waals surface area contributed by atoms with E-state index in [1.165, 1.54) is 11.8 Å². The van der Waals surface area contributed by atoms with Crippen molar-refractivity contribution in [1.29, 1.82) is 0 Å². The third-order valence-corrected chi connectivity index (χ3v) is 6.32. The van der Waals surface area contributed by atoms with Crippen LogP contribution in [0.15, 0.2) is 83.9 Å². The highest BCUT2D eigenvalue weighted by atomic mass is 16.5. The van der Waals surface area contributed by atoms with Gasteiger partial charge in [-0.3, -0.25) is 9.59 Å². The van der Waals surface area contributed by atoms with E-state index in [9.17, 15) is 9.59 Å². The summed E-state index contributed by atoms with van der Waals surface area (Å²) in [6.45, 7) is 1.88. The van der Waals surface area contributed by atoms with Crippen molar-refractivity contribution in [2.75, 3.05) is 18.1 Å². The largest absolute Gasteiger partial charge is 0.494 e. The van der Waals surface area contributed by atoms with Crippen molar-refractivity contribution >= 4 is 23.4 Å². The molecular weight excluding hydrogens is 444 g/mol. The van der Waals surface area contributed by atoms with Gasteiger partial charge in [-0.2, -0.15) is 0 Å². The predicted octanol–water partition coefficient (Wildman–Crippen LogP) is 3.84. The average Bonchev–Trinajstić information content (AvgIpc) is 3.26. The number of benzene rings is 3. The molecule has 7 heteroatoms. The molecule has 0 unspecified atom stereocenters. The zero-order valence-corrected chi connectivity index (χ0v) is 19.4. The molecule has 178 valence electrons. The van der Waals surface area contributed by atoms with Gasteiger partial charge in [0.25, 0.3) is 5.91 Å². The number of carbonyl (C=O) groups excluding carboxylic acids is 2. The highest BCUT2D eigenvalue weighted by Crippen LogP contribution is 2.47. The fourth-order valence-corrected chi connectivity index (χ4v) is 4.68. The van der Waals surface area contributed by atoms with Crippen molar-refractivity contribution in [3.63, 3.8) is 0 Å². The van der Waals surface area contributed by atoms with Gasteiger partial charge in [0, 0.05) is 31.9 Å². The predicted molar refractivity (Wildman–Crippen MR) is 131 cm³/mol. The van der Waals surface area contributed by atoms with Gasteiger partial charge in [-0.05, 0) is 41.5 Å². The van der Waals surface area contributed by atoms with Gasteiger partial charge in [-0.15, -0.1) is 0 Å². The zero-order valence-electron chi connectivity index (χ0n) is 19.4. The Balaban J connectivity index is 1.58. The smallest absolute Gasteiger partial charge is 0.266 e. The average molecular weight is 471 g/mol. The van der Waals surface area contributed by atoms with Gasteiger partial charge in [-0.1, -0.05) is 48.5 Å². The Hall–Kier alpha value is -3.97. The van der Waals surface area contributed by atoms with Crippen LogP contribution in [0.3, 0.4) is 0 Å². The van der Waals surface area contributed by atoms with E-state index in [0.29, 0.717) is 42.3 Å². The second-order valence-electron chi connectivity index (χ2n) is 8.66. The molecule has 0 saturated carbocycles. The third kappa shape index (κ3) is 4.08. The van der Waals surface area contributed by atoms with Crippen molar-refractivity contribution < 1.29 is 24.2 Å². The molecule has 1 N–H and O–H groups in total. The number of aliphatic imine (C=N–C) groups is 1. The van der Waals surface area contributed by atoms with E-state index in [-0.39, 0.29) is 12.5 Å². The first-order chi connectivity index (χ1) is 17.0. The number of para-hydroxylation sites is 1. The summed E-state index contributed by atoms with van der Waals surface area (Å²) in [6, 6.07) is 24.2. The molecule has 0 fully saturated rings. The van der Waals surface area contributed by atoms with Gasteiger partial charge in [0.15, 0.2) is 11.6 Å². The maximum absolute atomic E-state index is 14.0. The zero-order chi connectivity index (χ0) is 24.4. The fraction of sp³-hybridized carbons (Fsp3) is 0.250. The summed E-state index contributed by atoms with van der Waals surface area (Å²) < 4.78 is 12.0. The van der Waals surface area contributed by atoms with E-state index in [4.69, 9.17) is 19.6 Å². The molecule has 3 aromatic carbocycles. The van der Waals surface area contributed by atoms with Gasteiger partial charge in [0.2, 0.25) is 11.8 Å². The topological polar surface area (TPSA) is 88.4 Å². The highest BCUT2D eigenvalue weighted by molar-refractivity contribution is 6.20. The maximum atomic E-state index is 14.0. The van der Waals surface area contributed by atoms with Gasteiger partial charge in [0.1, 0.15) is 5.75 Å². The van der Waals surface area contributed by atoms with E-state index in [1.54, 1.807) is 18.2 Å². The summed E-state index contributed by atoms with van der Waals surface area (Å²) in [5.41, 5.74) is 1.66. The summed E-state index contributed by atoms with van der Waals surface area (Å²) in [6.07, 6.45) is 0.175. The molecule has 2 amide bonds. The van der Waals surface area contributed by atoms with Crippen molar-refractivity contribution in [2.45, 2.75) is 31.4 Å². The van der Waals surface area contributed by atoms with Crippen LogP contribution in [0.25, 0.3) is 0 Å². The lowest BCUT2D eigenvalue weighted by molar-refractivity contribution is -0.131. The van der Waals surface area contributed by atoms with Gasteiger partial charge < -0.3 is 14.6 Å². The molecular formula is C28H26N2O5. The fourth-order valence-electron chi connectivity index (χ4n) is 4.68. The minimum Gasteiger partial charge on any atom is -0.494 e. The van der Waals surface area contributed by atoms with Crippen LogP contribution in [0.1, 0.15) is 36.1 Å². The molecule has 2 atom stereocenters. The molecule has 3 aromatic rings. The number of carbonyl (C=O) groups is 2. The van der Waals surface area contributed by atoms with Crippen molar-refractivity contribution in [3.8, 4) is 5.75 Å². The van der Waals surface area contributed by atoms with Crippen LogP contribution in [-0.2, 0) is 20.7 Å². The maximum Gasteiger partial charge on any atom is 0.266 e. The molecule has 2 heterocycles. The number of amides is 2. The molecule has 0 aromatic heterocycles. The molecule has 5 rings (SSSR count). The number of rotatable bonds is 6. The lowest BCUT2D eigenvalue weighted by Gasteiger charge is -2.39. The van der Waals surface area contributed by atoms with Crippen LogP contribution < -0.4 is 9.64 Å². The monoisotopic (exact) mass is 470 g/mol. The molecule has 35 heavy (non-hydrogen) atoms. The van der Waals surface area contributed by atoms with Crippen LogP contribution in [0, 0.1) is 0 Å². The Bertz CT molecular complexity index is 1270. The number of hydrogen-bond donors (Lipinski definition) is 1. The number of nitrogens with zero attached hydrogens (tertiary/aromatic N) is 2. The van der Waals surface area contributed by atoms with Crippen LogP contribution in [-0.4, -0.2) is 41.6 Å². The summed E-state index contributed by atoms with van der Waals surface area (Å²) in [4.78, 5) is 32.8. The molecule has 0 bridgehead atoms. The van der Waals surface area contributed by atoms with E-state index in [1.807, 2.05) is 60.7 Å². The van der Waals surface area contributed by atoms with E-state index in [2.05, 4.69) is 0 Å². The number of hydrogen-bond acceptors (Lipinski definition) is 6. The Morgan fingerprint density at radius 2 is 1.80 bits per heavy atom. The third-order valence-electron chi connectivity index (χ3n) is 6.32. The van der Waals surface area contributed by atoms with E-state index >= 15 is 0 Å². The minimum atomic E-state index is -1.31. The second kappa shape index (κ2) is 9.35. The molecule has 2 aliphatic rings. The molecule has 2 aliphatic heterocycles. The quantitative estimate of drug-likeness (QED) is 0.553. The lowest BCUT2D eigenvalue weighted by Crippen LogP contribution is -2.56. The van der Waals surface area contributed by atoms with Crippen LogP contribution in [0.2, 0.25) is 0 Å². The lowest BCUT2D eigenvalue weighted by atomic mass is 9.78.